The zero-order valence-electron chi connectivity index (χ0n) is 12.6. The third-order valence-electron chi connectivity index (χ3n) is 3.43. The van der Waals surface area contributed by atoms with Crippen molar-refractivity contribution in [2.24, 2.45) is 11.7 Å². The third-order valence-corrected chi connectivity index (χ3v) is 3.43. The van der Waals surface area contributed by atoms with E-state index in [-0.39, 0.29) is 0 Å². The molecule has 1 aromatic heterocycles. The Kier molecular flexibility index (Phi) is 4.40. The van der Waals surface area contributed by atoms with Crippen LogP contribution in [0, 0.1) is 5.92 Å². The minimum Gasteiger partial charge on any atom is -0.366 e. The van der Waals surface area contributed by atoms with Crippen molar-refractivity contribution in [1.82, 2.24) is 9.97 Å². The zero-order valence-corrected chi connectivity index (χ0v) is 12.6. The number of anilines is 1. The van der Waals surface area contributed by atoms with E-state index < -0.39 is 0 Å². The molecule has 2 rings (SSSR count). The molecule has 2 N–H and O–H groups in total. The largest absolute Gasteiger partial charge is 0.366 e. The van der Waals surface area contributed by atoms with E-state index in [1.807, 2.05) is 6.20 Å². The molecule has 0 bridgehead atoms. The second kappa shape index (κ2) is 5.87. The third kappa shape index (κ3) is 3.44. The Morgan fingerprint density at radius 2 is 2.00 bits per heavy atom. The van der Waals surface area contributed by atoms with E-state index in [0.717, 1.165) is 23.8 Å². The van der Waals surface area contributed by atoms with Crippen LogP contribution in [-0.2, 0) is 6.54 Å². The summed E-state index contributed by atoms with van der Waals surface area (Å²) in [7, 11) is 0. The maximum Gasteiger partial charge on any atom is 0.131 e. The first-order valence-corrected chi connectivity index (χ1v) is 7.35. The van der Waals surface area contributed by atoms with Crippen LogP contribution in [0.25, 0.3) is 0 Å². The topological polar surface area (TPSA) is 55.0 Å². The normalized spacial score (nSPS) is 15.3. The molecule has 1 aromatic rings. The van der Waals surface area contributed by atoms with Crippen LogP contribution < -0.4 is 10.6 Å². The molecule has 4 heteroatoms. The Bertz CT molecular complexity index is 424. The Labute approximate surface area is 116 Å². The van der Waals surface area contributed by atoms with E-state index in [1.165, 1.54) is 12.8 Å². The summed E-state index contributed by atoms with van der Waals surface area (Å²) in [4.78, 5) is 11.6. The van der Waals surface area contributed by atoms with Gasteiger partial charge in [-0.2, -0.15) is 0 Å². The minimum atomic E-state index is 0.346. The molecule has 1 aliphatic rings. The highest BCUT2D eigenvalue weighted by molar-refractivity contribution is 5.51. The number of hydrogen-bond acceptors (Lipinski definition) is 4. The Morgan fingerprint density at radius 3 is 2.47 bits per heavy atom. The van der Waals surface area contributed by atoms with Gasteiger partial charge in [0.1, 0.15) is 5.82 Å². The SMILES string of the molecule is CC(C)CN(c1cnc(C(C)C)nc1CN)C1CC1. The van der Waals surface area contributed by atoms with Crippen LogP contribution in [-0.4, -0.2) is 22.6 Å². The fourth-order valence-electron chi connectivity index (χ4n) is 2.32. The molecule has 19 heavy (non-hydrogen) atoms. The van der Waals surface area contributed by atoms with Crippen molar-refractivity contribution in [2.75, 3.05) is 11.4 Å². The molecule has 0 atom stereocenters. The summed E-state index contributed by atoms with van der Waals surface area (Å²) in [5.74, 6) is 1.87. The van der Waals surface area contributed by atoms with E-state index in [2.05, 4.69) is 42.6 Å². The van der Waals surface area contributed by atoms with E-state index in [9.17, 15) is 0 Å². The lowest BCUT2D eigenvalue weighted by molar-refractivity contribution is 0.602. The number of rotatable bonds is 6. The molecule has 1 aliphatic carbocycles. The summed E-state index contributed by atoms with van der Waals surface area (Å²) in [5, 5.41) is 0. The van der Waals surface area contributed by atoms with Crippen LogP contribution in [0.5, 0.6) is 0 Å². The van der Waals surface area contributed by atoms with Gasteiger partial charge < -0.3 is 10.6 Å². The fraction of sp³-hybridized carbons (Fsp3) is 0.733. The molecule has 0 radical (unpaired) electrons. The van der Waals surface area contributed by atoms with E-state index in [4.69, 9.17) is 5.73 Å². The Hall–Kier alpha value is -1.16. The van der Waals surface area contributed by atoms with Crippen LogP contribution in [0.1, 0.15) is 58.0 Å². The number of nitrogens with two attached hydrogens (primary N) is 1. The van der Waals surface area contributed by atoms with Crippen molar-refractivity contribution in [3.63, 3.8) is 0 Å². The molecule has 0 unspecified atom stereocenters. The molecule has 4 nitrogen and oxygen atoms in total. The van der Waals surface area contributed by atoms with Gasteiger partial charge >= 0.3 is 0 Å². The van der Waals surface area contributed by atoms with Gasteiger partial charge in [0, 0.05) is 25.0 Å². The Balaban J connectivity index is 2.30. The molecule has 106 valence electrons. The van der Waals surface area contributed by atoms with Crippen LogP contribution in [0.4, 0.5) is 5.69 Å². The van der Waals surface area contributed by atoms with E-state index >= 15 is 0 Å². The second-order valence-electron chi connectivity index (χ2n) is 6.20. The van der Waals surface area contributed by atoms with Crippen molar-refractivity contribution >= 4 is 5.69 Å². The van der Waals surface area contributed by atoms with E-state index in [1.54, 1.807) is 0 Å². The first kappa shape index (κ1) is 14.3. The molecular weight excluding hydrogens is 236 g/mol. The highest BCUT2D eigenvalue weighted by Crippen LogP contribution is 2.33. The standard InChI is InChI=1S/C15H26N4/c1-10(2)9-19(12-5-6-12)14-8-17-15(11(3)4)18-13(14)7-16/h8,10-12H,5-7,9,16H2,1-4H3. The average Bonchev–Trinajstić information content (AvgIpc) is 3.19. The number of aromatic nitrogens is 2. The highest BCUT2D eigenvalue weighted by atomic mass is 15.2. The monoisotopic (exact) mass is 262 g/mol. The minimum absolute atomic E-state index is 0.346. The summed E-state index contributed by atoms with van der Waals surface area (Å²) in [6.07, 6.45) is 4.54. The van der Waals surface area contributed by atoms with Gasteiger partial charge in [0.05, 0.1) is 17.6 Å². The maximum absolute atomic E-state index is 5.89. The first-order chi connectivity index (χ1) is 9.02. The summed E-state index contributed by atoms with van der Waals surface area (Å²) >= 11 is 0. The maximum atomic E-state index is 5.89. The van der Waals surface area contributed by atoms with Crippen molar-refractivity contribution < 1.29 is 0 Å². The average molecular weight is 262 g/mol. The predicted molar refractivity (Wildman–Crippen MR) is 79.2 cm³/mol. The summed E-state index contributed by atoms with van der Waals surface area (Å²) < 4.78 is 0. The molecule has 1 fully saturated rings. The van der Waals surface area contributed by atoms with Crippen LogP contribution in [0.15, 0.2) is 6.20 Å². The van der Waals surface area contributed by atoms with Gasteiger partial charge in [0.15, 0.2) is 0 Å². The summed E-state index contributed by atoms with van der Waals surface area (Å²) in [6, 6.07) is 0.668. The smallest absolute Gasteiger partial charge is 0.131 e. The molecule has 0 saturated heterocycles. The lowest BCUT2D eigenvalue weighted by atomic mass is 10.1. The second-order valence-corrected chi connectivity index (χ2v) is 6.20. The molecule has 0 amide bonds. The van der Waals surface area contributed by atoms with Crippen molar-refractivity contribution in [1.29, 1.82) is 0 Å². The molecule has 0 spiro atoms. The molecule has 1 heterocycles. The first-order valence-electron chi connectivity index (χ1n) is 7.35. The molecule has 1 saturated carbocycles. The van der Waals surface area contributed by atoms with Crippen LogP contribution in [0.2, 0.25) is 0 Å². The summed E-state index contributed by atoms with van der Waals surface area (Å²) in [6.45, 7) is 10.3. The zero-order chi connectivity index (χ0) is 14.0. The van der Waals surface area contributed by atoms with Crippen LogP contribution in [0.3, 0.4) is 0 Å². The van der Waals surface area contributed by atoms with Gasteiger partial charge in [-0.15, -0.1) is 0 Å². The summed E-state index contributed by atoms with van der Waals surface area (Å²) in [5.41, 5.74) is 8.03. The molecule has 0 aromatic carbocycles. The lowest BCUT2D eigenvalue weighted by Crippen LogP contribution is -2.31. The van der Waals surface area contributed by atoms with Gasteiger partial charge in [-0.3, -0.25) is 0 Å². The quantitative estimate of drug-likeness (QED) is 0.856. The van der Waals surface area contributed by atoms with Crippen LogP contribution >= 0.6 is 0 Å². The molecular formula is C15H26N4. The van der Waals surface area contributed by atoms with E-state index in [0.29, 0.717) is 24.4 Å². The van der Waals surface area contributed by atoms with Gasteiger partial charge in [-0.05, 0) is 18.8 Å². The van der Waals surface area contributed by atoms with Gasteiger partial charge in [0.25, 0.3) is 0 Å². The van der Waals surface area contributed by atoms with Crippen molar-refractivity contribution in [3.8, 4) is 0 Å². The number of nitrogens with zero attached hydrogens (tertiary/aromatic N) is 3. The lowest BCUT2D eigenvalue weighted by Gasteiger charge is -2.28. The van der Waals surface area contributed by atoms with Crippen molar-refractivity contribution in [3.05, 3.63) is 17.7 Å². The van der Waals surface area contributed by atoms with Gasteiger partial charge in [-0.1, -0.05) is 27.7 Å². The predicted octanol–water partition coefficient (Wildman–Crippen LogP) is 2.68. The fourth-order valence-corrected chi connectivity index (χ4v) is 2.32. The number of hydrogen-bond donors (Lipinski definition) is 1. The highest BCUT2D eigenvalue weighted by Gasteiger charge is 2.31. The van der Waals surface area contributed by atoms with Gasteiger partial charge in [0.2, 0.25) is 0 Å². The Morgan fingerprint density at radius 1 is 1.32 bits per heavy atom. The van der Waals surface area contributed by atoms with Gasteiger partial charge in [-0.25, -0.2) is 9.97 Å². The molecule has 0 aliphatic heterocycles. The van der Waals surface area contributed by atoms with Crippen molar-refractivity contribution in [2.45, 2.75) is 59.0 Å².